The van der Waals surface area contributed by atoms with Gasteiger partial charge in [-0.1, -0.05) is 0 Å². The Hall–Kier alpha value is -2.37. The summed E-state index contributed by atoms with van der Waals surface area (Å²) in [6, 6.07) is 3.27. The van der Waals surface area contributed by atoms with E-state index in [9.17, 15) is 9.59 Å². The van der Waals surface area contributed by atoms with Crippen LogP contribution >= 0.6 is 0 Å². The molecule has 2 N–H and O–H groups in total. The molecule has 0 aromatic carbocycles. The van der Waals surface area contributed by atoms with Gasteiger partial charge in [-0.05, 0) is 13.0 Å². The Balaban J connectivity index is 2.49. The molecule has 1 amide bonds. The van der Waals surface area contributed by atoms with Crippen LogP contribution < -0.4 is 10.7 Å². The molecule has 0 saturated heterocycles. The van der Waals surface area contributed by atoms with Crippen LogP contribution in [0.5, 0.6) is 0 Å². The van der Waals surface area contributed by atoms with E-state index in [4.69, 9.17) is 0 Å². The molecule has 18 heavy (non-hydrogen) atoms. The fourth-order valence-electron chi connectivity index (χ4n) is 1.68. The zero-order chi connectivity index (χ0) is 13.1. The summed E-state index contributed by atoms with van der Waals surface area (Å²) in [5, 5.41) is 6.71. The number of aryl methyl sites for hydroxylation is 1. The SMILES string of the molecule is CC(=O)NCc1c(-n2cccn2)[nH]c(C)cc1=O. The molecule has 0 spiro atoms. The molecular weight excluding hydrogens is 232 g/mol. The van der Waals surface area contributed by atoms with Gasteiger partial charge in [0.25, 0.3) is 0 Å². The van der Waals surface area contributed by atoms with E-state index in [1.54, 1.807) is 30.1 Å². The van der Waals surface area contributed by atoms with E-state index in [1.165, 1.54) is 13.0 Å². The van der Waals surface area contributed by atoms with Gasteiger partial charge in [0.05, 0.1) is 12.1 Å². The minimum Gasteiger partial charge on any atom is -0.352 e. The van der Waals surface area contributed by atoms with Gasteiger partial charge in [-0.25, -0.2) is 4.68 Å². The highest BCUT2D eigenvalue weighted by Gasteiger charge is 2.11. The zero-order valence-electron chi connectivity index (χ0n) is 10.2. The Morgan fingerprint density at radius 3 is 2.94 bits per heavy atom. The van der Waals surface area contributed by atoms with Crippen LogP contribution in [-0.2, 0) is 11.3 Å². The highest BCUT2D eigenvalue weighted by atomic mass is 16.1. The highest BCUT2D eigenvalue weighted by molar-refractivity contribution is 5.72. The van der Waals surface area contributed by atoms with Crippen molar-refractivity contribution in [2.75, 3.05) is 0 Å². The average Bonchev–Trinajstić information content (AvgIpc) is 2.79. The molecule has 0 saturated carbocycles. The predicted octanol–water partition coefficient (Wildman–Crippen LogP) is 0.505. The van der Waals surface area contributed by atoms with E-state index in [0.29, 0.717) is 11.4 Å². The molecule has 0 aliphatic carbocycles. The monoisotopic (exact) mass is 246 g/mol. The standard InChI is InChI=1S/C12H14N4O2/c1-8-6-11(18)10(7-13-9(2)17)12(15-8)16-5-3-4-14-16/h3-6H,7H2,1-2H3,(H,13,17)(H,15,18). The lowest BCUT2D eigenvalue weighted by Gasteiger charge is -2.10. The molecule has 0 bridgehead atoms. The second kappa shape index (κ2) is 4.87. The van der Waals surface area contributed by atoms with E-state index in [1.807, 2.05) is 0 Å². The molecule has 6 nitrogen and oxygen atoms in total. The van der Waals surface area contributed by atoms with Gasteiger partial charge in [0.1, 0.15) is 5.82 Å². The second-order valence-corrected chi connectivity index (χ2v) is 4.00. The average molecular weight is 246 g/mol. The summed E-state index contributed by atoms with van der Waals surface area (Å²) in [6.45, 7) is 3.40. The Morgan fingerprint density at radius 1 is 1.56 bits per heavy atom. The number of aromatic amines is 1. The van der Waals surface area contributed by atoms with Crippen LogP contribution in [0.3, 0.4) is 0 Å². The lowest BCUT2D eigenvalue weighted by atomic mass is 10.2. The highest BCUT2D eigenvalue weighted by Crippen LogP contribution is 2.07. The summed E-state index contributed by atoms with van der Waals surface area (Å²) in [6.07, 6.45) is 3.37. The maximum Gasteiger partial charge on any atom is 0.217 e. The number of rotatable bonds is 3. The van der Waals surface area contributed by atoms with Gasteiger partial charge >= 0.3 is 0 Å². The first-order valence-corrected chi connectivity index (χ1v) is 5.55. The fourth-order valence-corrected chi connectivity index (χ4v) is 1.68. The molecule has 2 heterocycles. The topological polar surface area (TPSA) is 79.8 Å². The van der Waals surface area contributed by atoms with Crippen molar-refractivity contribution in [2.45, 2.75) is 20.4 Å². The minimum atomic E-state index is -0.179. The summed E-state index contributed by atoms with van der Waals surface area (Å²) < 4.78 is 1.57. The van der Waals surface area contributed by atoms with Crippen LogP contribution in [0.2, 0.25) is 0 Å². The first-order valence-electron chi connectivity index (χ1n) is 5.55. The molecule has 0 aliphatic rings. The van der Waals surface area contributed by atoms with E-state index in [-0.39, 0.29) is 17.9 Å². The van der Waals surface area contributed by atoms with Crippen LogP contribution in [0.4, 0.5) is 0 Å². The summed E-state index contributed by atoms with van der Waals surface area (Å²) in [7, 11) is 0. The van der Waals surface area contributed by atoms with Crippen molar-refractivity contribution < 1.29 is 4.79 Å². The van der Waals surface area contributed by atoms with E-state index in [2.05, 4.69) is 15.4 Å². The third kappa shape index (κ3) is 2.48. The molecule has 0 fully saturated rings. The normalized spacial score (nSPS) is 10.3. The third-order valence-corrected chi connectivity index (χ3v) is 2.49. The largest absolute Gasteiger partial charge is 0.352 e. The van der Waals surface area contributed by atoms with Gasteiger partial charge in [-0.2, -0.15) is 5.10 Å². The van der Waals surface area contributed by atoms with Crippen LogP contribution in [0.25, 0.3) is 5.82 Å². The summed E-state index contributed by atoms with van der Waals surface area (Å²) in [5.74, 6) is 0.403. The smallest absolute Gasteiger partial charge is 0.217 e. The summed E-state index contributed by atoms with van der Waals surface area (Å²) in [5.41, 5.74) is 1.11. The lowest BCUT2D eigenvalue weighted by molar-refractivity contribution is -0.119. The number of hydrogen-bond donors (Lipinski definition) is 2. The zero-order valence-corrected chi connectivity index (χ0v) is 10.2. The molecule has 0 atom stereocenters. The van der Waals surface area contributed by atoms with Crippen molar-refractivity contribution in [3.05, 3.63) is 46.0 Å². The summed E-state index contributed by atoms with van der Waals surface area (Å²) in [4.78, 5) is 26.0. The number of carbonyl (C=O) groups is 1. The Labute approximate surface area is 104 Å². The Kier molecular flexibility index (Phi) is 3.27. The number of aromatic nitrogens is 3. The minimum absolute atomic E-state index is 0.120. The summed E-state index contributed by atoms with van der Waals surface area (Å²) >= 11 is 0. The molecule has 2 aromatic heterocycles. The van der Waals surface area contributed by atoms with Crippen LogP contribution in [0.15, 0.2) is 29.3 Å². The van der Waals surface area contributed by atoms with Crippen molar-refractivity contribution >= 4 is 5.91 Å². The fraction of sp³-hybridized carbons (Fsp3) is 0.250. The number of hydrogen-bond acceptors (Lipinski definition) is 3. The van der Waals surface area contributed by atoms with E-state index >= 15 is 0 Å². The van der Waals surface area contributed by atoms with E-state index in [0.717, 1.165) is 5.69 Å². The molecule has 2 aromatic rings. The van der Waals surface area contributed by atoms with Gasteiger partial charge in [-0.15, -0.1) is 0 Å². The number of nitrogens with zero attached hydrogens (tertiary/aromatic N) is 2. The van der Waals surface area contributed by atoms with Gasteiger partial charge in [0, 0.05) is 31.1 Å². The number of amides is 1. The lowest BCUT2D eigenvalue weighted by Crippen LogP contribution is -2.26. The van der Waals surface area contributed by atoms with Crippen molar-refractivity contribution in [3.63, 3.8) is 0 Å². The van der Waals surface area contributed by atoms with Crippen LogP contribution in [0, 0.1) is 6.92 Å². The molecule has 0 unspecified atom stereocenters. The maximum absolute atomic E-state index is 12.0. The van der Waals surface area contributed by atoms with Crippen molar-refractivity contribution in [1.82, 2.24) is 20.1 Å². The molecular formula is C12H14N4O2. The van der Waals surface area contributed by atoms with Gasteiger partial charge in [0.15, 0.2) is 5.43 Å². The number of H-pyrrole nitrogens is 1. The number of nitrogens with one attached hydrogen (secondary N) is 2. The van der Waals surface area contributed by atoms with Gasteiger partial charge in [0.2, 0.25) is 5.91 Å². The van der Waals surface area contributed by atoms with Gasteiger partial charge in [-0.3, -0.25) is 9.59 Å². The molecule has 0 radical (unpaired) electrons. The second-order valence-electron chi connectivity index (χ2n) is 4.00. The van der Waals surface area contributed by atoms with Crippen molar-refractivity contribution in [2.24, 2.45) is 0 Å². The van der Waals surface area contributed by atoms with Crippen molar-refractivity contribution in [1.29, 1.82) is 0 Å². The molecule has 2 rings (SSSR count). The quantitative estimate of drug-likeness (QED) is 0.827. The number of pyridine rings is 1. The number of carbonyl (C=O) groups excluding carboxylic acids is 1. The third-order valence-electron chi connectivity index (χ3n) is 2.49. The predicted molar refractivity (Wildman–Crippen MR) is 66.4 cm³/mol. The molecule has 0 aliphatic heterocycles. The van der Waals surface area contributed by atoms with Crippen LogP contribution in [0.1, 0.15) is 18.2 Å². The first-order chi connectivity index (χ1) is 8.58. The Morgan fingerprint density at radius 2 is 2.33 bits per heavy atom. The Bertz CT molecular complexity index is 614. The molecule has 94 valence electrons. The van der Waals surface area contributed by atoms with Crippen LogP contribution in [-0.4, -0.2) is 20.7 Å². The van der Waals surface area contributed by atoms with E-state index < -0.39 is 0 Å². The van der Waals surface area contributed by atoms with Gasteiger partial charge < -0.3 is 10.3 Å². The maximum atomic E-state index is 12.0. The first kappa shape index (κ1) is 12.1. The molecule has 6 heteroatoms. The van der Waals surface area contributed by atoms with Crippen molar-refractivity contribution in [3.8, 4) is 5.82 Å².